The minimum atomic E-state index is -0.291. The van der Waals surface area contributed by atoms with Gasteiger partial charge < -0.3 is 5.32 Å². The predicted molar refractivity (Wildman–Crippen MR) is 190 cm³/mol. The van der Waals surface area contributed by atoms with Gasteiger partial charge in [-0.25, -0.2) is 9.98 Å². The molecule has 4 nitrogen and oxygen atoms in total. The topological polar surface area (TPSA) is 49.6 Å². The summed E-state index contributed by atoms with van der Waals surface area (Å²) < 4.78 is 0. The molecule has 1 N–H and O–H groups in total. The van der Waals surface area contributed by atoms with Crippen molar-refractivity contribution < 1.29 is 0 Å². The quantitative estimate of drug-likeness (QED) is 0.210. The van der Waals surface area contributed by atoms with E-state index in [1.165, 1.54) is 5.56 Å². The molecule has 1 atom stereocenters. The van der Waals surface area contributed by atoms with E-state index >= 15 is 0 Å². The molecule has 0 amide bonds. The van der Waals surface area contributed by atoms with Crippen molar-refractivity contribution in [2.24, 2.45) is 9.98 Å². The van der Waals surface area contributed by atoms with Crippen molar-refractivity contribution in [2.45, 2.75) is 6.17 Å². The number of nitrogens with zero attached hydrogens (tertiary/aromatic N) is 3. The van der Waals surface area contributed by atoms with Crippen LogP contribution in [0.2, 0.25) is 0 Å². The molecule has 0 aliphatic carbocycles. The lowest BCUT2D eigenvalue weighted by atomic mass is 9.94. The summed E-state index contributed by atoms with van der Waals surface area (Å²) in [7, 11) is 0. The number of pyridine rings is 1. The van der Waals surface area contributed by atoms with Crippen molar-refractivity contribution in [2.75, 3.05) is 0 Å². The van der Waals surface area contributed by atoms with Crippen LogP contribution in [-0.4, -0.2) is 16.7 Å². The highest BCUT2D eigenvalue weighted by Crippen LogP contribution is 2.33. The second kappa shape index (κ2) is 12.1. The maximum absolute atomic E-state index is 5.20. The van der Waals surface area contributed by atoms with Crippen LogP contribution in [0.25, 0.3) is 44.3 Å². The maximum Gasteiger partial charge on any atom is 0.159 e. The van der Waals surface area contributed by atoms with Crippen LogP contribution in [-0.2, 0) is 0 Å². The lowest BCUT2D eigenvalue weighted by molar-refractivity contribution is 0.674. The zero-order valence-electron chi connectivity index (χ0n) is 25.1. The van der Waals surface area contributed by atoms with Gasteiger partial charge in [-0.15, -0.1) is 0 Å². The van der Waals surface area contributed by atoms with Gasteiger partial charge in [0.2, 0.25) is 0 Å². The molecule has 46 heavy (non-hydrogen) atoms. The van der Waals surface area contributed by atoms with Crippen molar-refractivity contribution in [3.05, 3.63) is 187 Å². The molecule has 1 aliphatic rings. The highest BCUT2D eigenvalue weighted by atomic mass is 15.2. The molecule has 0 radical (unpaired) electrons. The van der Waals surface area contributed by atoms with E-state index in [9.17, 15) is 0 Å². The molecule has 7 aromatic rings. The van der Waals surface area contributed by atoms with Crippen molar-refractivity contribution in [1.29, 1.82) is 0 Å². The number of para-hydroxylation sites is 1. The average molecular weight is 591 g/mol. The van der Waals surface area contributed by atoms with E-state index in [2.05, 4.69) is 133 Å². The first-order valence-corrected chi connectivity index (χ1v) is 15.5. The highest BCUT2D eigenvalue weighted by Gasteiger charge is 2.22. The average Bonchev–Trinajstić information content (AvgIpc) is 3.15. The van der Waals surface area contributed by atoms with Crippen LogP contribution in [0.4, 0.5) is 0 Å². The van der Waals surface area contributed by atoms with Gasteiger partial charge in [0.05, 0.1) is 5.52 Å². The van der Waals surface area contributed by atoms with Crippen LogP contribution in [0.3, 0.4) is 0 Å². The Labute approximate surface area is 268 Å². The molecule has 1 aromatic heterocycles. The fourth-order valence-electron chi connectivity index (χ4n) is 6.03. The van der Waals surface area contributed by atoms with Crippen LogP contribution in [0, 0.1) is 0 Å². The summed E-state index contributed by atoms with van der Waals surface area (Å²) in [6, 6.07) is 56.9. The standard InChI is InChI=1S/C42H30N4/c1-4-12-29(13-5-1)31-21-23-34(24-22-31)41-44-40(33-16-8-3-9-17-33)45-42(46-41)37-27-35(30-14-6-2-7-15-30)26-36(28-37)38-20-10-18-32-19-11-25-43-39(32)38/h1-28,40H,(H,44,45,46). The molecule has 2 heterocycles. The molecule has 0 saturated heterocycles. The Morgan fingerprint density at radius 1 is 0.457 bits per heavy atom. The van der Waals surface area contributed by atoms with Crippen molar-refractivity contribution in [3.8, 4) is 33.4 Å². The Morgan fingerprint density at radius 2 is 1.04 bits per heavy atom. The second-order valence-corrected chi connectivity index (χ2v) is 11.4. The third-order valence-corrected chi connectivity index (χ3v) is 8.37. The van der Waals surface area contributed by atoms with E-state index in [4.69, 9.17) is 15.0 Å². The summed E-state index contributed by atoms with van der Waals surface area (Å²) in [6.45, 7) is 0. The zero-order valence-corrected chi connectivity index (χ0v) is 25.1. The van der Waals surface area contributed by atoms with E-state index in [-0.39, 0.29) is 6.17 Å². The number of fused-ring (bicyclic) bond motifs is 1. The second-order valence-electron chi connectivity index (χ2n) is 11.4. The van der Waals surface area contributed by atoms with E-state index in [1.54, 1.807) is 0 Å². The third kappa shape index (κ3) is 5.49. The van der Waals surface area contributed by atoms with Gasteiger partial charge in [-0.05, 0) is 57.6 Å². The van der Waals surface area contributed by atoms with Crippen LogP contribution in [0.1, 0.15) is 22.9 Å². The number of benzene rings is 6. The number of hydrogen-bond donors (Lipinski definition) is 1. The Balaban J connectivity index is 1.28. The third-order valence-electron chi connectivity index (χ3n) is 8.37. The van der Waals surface area contributed by atoms with Gasteiger partial charge in [-0.1, -0.05) is 140 Å². The van der Waals surface area contributed by atoms with Crippen LogP contribution in [0.5, 0.6) is 0 Å². The molecule has 4 heteroatoms. The number of hydrogen-bond acceptors (Lipinski definition) is 4. The molecule has 1 unspecified atom stereocenters. The van der Waals surface area contributed by atoms with Gasteiger partial charge in [0.1, 0.15) is 12.0 Å². The number of nitrogens with one attached hydrogen (secondary N) is 1. The van der Waals surface area contributed by atoms with E-state index in [0.717, 1.165) is 61.2 Å². The van der Waals surface area contributed by atoms with Gasteiger partial charge in [-0.2, -0.15) is 0 Å². The van der Waals surface area contributed by atoms with Gasteiger partial charge in [0.15, 0.2) is 5.84 Å². The van der Waals surface area contributed by atoms with Gasteiger partial charge in [0, 0.05) is 28.3 Å². The van der Waals surface area contributed by atoms with Crippen molar-refractivity contribution in [3.63, 3.8) is 0 Å². The molecule has 0 saturated carbocycles. The number of amidine groups is 2. The van der Waals surface area contributed by atoms with Gasteiger partial charge in [0.25, 0.3) is 0 Å². The van der Waals surface area contributed by atoms with E-state index < -0.39 is 0 Å². The molecule has 8 rings (SSSR count). The number of rotatable bonds is 6. The van der Waals surface area contributed by atoms with Gasteiger partial charge >= 0.3 is 0 Å². The van der Waals surface area contributed by atoms with Gasteiger partial charge in [-0.3, -0.25) is 4.98 Å². The molecule has 6 aromatic carbocycles. The molecule has 0 spiro atoms. The van der Waals surface area contributed by atoms with Crippen LogP contribution < -0.4 is 5.32 Å². The van der Waals surface area contributed by atoms with Crippen LogP contribution in [0.15, 0.2) is 180 Å². The molecular weight excluding hydrogens is 560 g/mol. The minimum absolute atomic E-state index is 0.291. The Kier molecular flexibility index (Phi) is 7.21. The van der Waals surface area contributed by atoms with Crippen molar-refractivity contribution >= 4 is 22.6 Å². The lowest BCUT2D eigenvalue weighted by Gasteiger charge is -2.24. The lowest BCUT2D eigenvalue weighted by Crippen LogP contribution is -2.33. The maximum atomic E-state index is 5.20. The number of aliphatic imine (C=N–C) groups is 2. The van der Waals surface area contributed by atoms with Crippen LogP contribution >= 0.6 is 0 Å². The SMILES string of the molecule is c1ccc(-c2ccc(C3=NC(c4cc(-c5ccccc5)cc(-c5cccc6cccnc56)c4)=NC(c4ccccc4)N3)cc2)cc1. The fourth-order valence-corrected chi connectivity index (χ4v) is 6.03. The highest BCUT2D eigenvalue weighted by molar-refractivity contribution is 6.14. The first kappa shape index (κ1) is 27.4. The Hall–Kier alpha value is -6.13. The largest absolute Gasteiger partial charge is 0.344 e. The smallest absolute Gasteiger partial charge is 0.159 e. The monoisotopic (exact) mass is 590 g/mol. The van der Waals surface area contributed by atoms with E-state index in [1.807, 2.05) is 42.6 Å². The summed E-state index contributed by atoms with van der Waals surface area (Å²) >= 11 is 0. The molecule has 218 valence electrons. The minimum Gasteiger partial charge on any atom is -0.344 e. The first-order chi connectivity index (χ1) is 22.8. The molecular formula is C42H30N4. The van der Waals surface area contributed by atoms with E-state index in [0.29, 0.717) is 5.84 Å². The Bertz CT molecular complexity index is 2200. The normalized spacial score (nSPS) is 14.3. The summed E-state index contributed by atoms with van der Waals surface area (Å²) in [4.78, 5) is 15.1. The molecule has 1 aliphatic heterocycles. The first-order valence-electron chi connectivity index (χ1n) is 15.5. The number of aromatic nitrogens is 1. The summed E-state index contributed by atoms with van der Waals surface area (Å²) in [5, 5.41) is 4.72. The molecule has 0 bridgehead atoms. The fraction of sp³-hybridized carbons (Fsp3) is 0.0238. The Morgan fingerprint density at radius 3 is 1.78 bits per heavy atom. The predicted octanol–water partition coefficient (Wildman–Crippen LogP) is 9.73. The zero-order chi connectivity index (χ0) is 30.7. The summed E-state index contributed by atoms with van der Waals surface area (Å²) in [6.07, 6.45) is 1.56. The summed E-state index contributed by atoms with van der Waals surface area (Å²) in [5.74, 6) is 1.47. The summed E-state index contributed by atoms with van der Waals surface area (Å²) in [5.41, 5.74) is 10.7. The van der Waals surface area contributed by atoms with Crippen molar-refractivity contribution in [1.82, 2.24) is 10.3 Å². The molecule has 0 fully saturated rings.